The number of rotatable bonds is 6. The zero-order chi connectivity index (χ0) is 23.5. The molecular formula is C22H25N3O8. The van der Waals surface area contributed by atoms with Crippen molar-refractivity contribution in [2.24, 2.45) is 5.92 Å². The molecule has 3 aliphatic heterocycles. The molecule has 0 spiro atoms. The minimum atomic E-state index is -0.688. The predicted octanol–water partition coefficient (Wildman–Crippen LogP) is 0.872. The number of benzene rings is 1. The van der Waals surface area contributed by atoms with Gasteiger partial charge in [-0.3, -0.25) is 9.59 Å². The van der Waals surface area contributed by atoms with E-state index in [9.17, 15) is 19.2 Å². The number of esters is 2. The van der Waals surface area contributed by atoms with E-state index in [0.717, 1.165) is 0 Å². The molecule has 176 valence electrons. The second kappa shape index (κ2) is 9.39. The lowest BCUT2D eigenvalue weighted by Gasteiger charge is -2.26. The Morgan fingerprint density at radius 2 is 1.91 bits per heavy atom. The van der Waals surface area contributed by atoms with Crippen LogP contribution in [0.5, 0.6) is 11.5 Å². The van der Waals surface area contributed by atoms with Gasteiger partial charge in [-0.2, -0.15) is 0 Å². The average molecular weight is 459 g/mol. The molecule has 0 aliphatic carbocycles. The van der Waals surface area contributed by atoms with Crippen molar-refractivity contribution in [3.8, 4) is 11.5 Å². The van der Waals surface area contributed by atoms with Gasteiger partial charge >= 0.3 is 18.0 Å². The minimum absolute atomic E-state index is 0.0125. The Hall–Kier alpha value is -3.76. The van der Waals surface area contributed by atoms with Gasteiger partial charge in [0.25, 0.3) is 0 Å². The monoisotopic (exact) mass is 459 g/mol. The summed E-state index contributed by atoms with van der Waals surface area (Å²) in [6.07, 6.45) is -0.0125. The molecule has 3 aliphatic rings. The first-order valence-corrected chi connectivity index (χ1v) is 10.7. The van der Waals surface area contributed by atoms with Crippen molar-refractivity contribution < 1.29 is 38.1 Å². The number of fused-ring (bicyclic) bond motifs is 1. The molecule has 4 rings (SSSR count). The van der Waals surface area contributed by atoms with E-state index in [1.54, 1.807) is 32.0 Å². The van der Waals surface area contributed by atoms with E-state index in [1.807, 2.05) is 0 Å². The van der Waals surface area contributed by atoms with Crippen LogP contribution in [-0.2, 0) is 23.9 Å². The Labute approximate surface area is 190 Å². The first-order valence-electron chi connectivity index (χ1n) is 10.7. The summed E-state index contributed by atoms with van der Waals surface area (Å²) in [5, 5.41) is 5.08. The largest absolute Gasteiger partial charge is 0.486 e. The highest BCUT2D eigenvalue weighted by atomic mass is 16.6. The quantitative estimate of drug-likeness (QED) is 0.599. The summed E-state index contributed by atoms with van der Waals surface area (Å²) in [6, 6.07) is 4.06. The predicted molar refractivity (Wildman–Crippen MR) is 114 cm³/mol. The zero-order valence-electron chi connectivity index (χ0n) is 18.3. The molecule has 1 saturated heterocycles. The van der Waals surface area contributed by atoms with E-state index in [2.05, 4.69) is 10.6 Å². The smallest absolute Gasteiger partial charge is 0.338 e. The number of hydrogen-bond acceptors (Lipinski definition) is 8. The molecule has 1 aromatic rings. The maximum atomic E-state index is 12.7. The number of nitrogens with zero attached hydrogens (tertiary/aromatic N) is 1. The molecule has 0 bridgehead atoms. The summed E-state index contributed by atoms with van der Waals surface area (Å²) in [6.45, 7) is 4.18. The van der Waals surface area contributed by atoms with Crippen molar-refractivity contribution in [3.63, 3.8) is 0 Å². The van der Waals surface area contributed by atoms with Crippen LogP contribution in [-0.4, -0.2) is 62.9 Å². The summed E-state index contributed by atoms with van der Waals surface area (Å²) in [5.41, 5.74) is 0.946. The summed E-state index contributed by atoms with van der Waals surface area (Å²) in [5.74, 6) is -0.955. The number of amides is 3. The molecule has 0 unspecified atom stereocenters. The molecule has 1 fully saturated rings. The van der Waals surface area contributed by atoms with Gasteiger partial charge in [-0.15, -0.1) is 0 Å². The molecule has 11 nitrogen and oxygen atoms in total. The van der Waals surface area contributed by atoms with E-state index < -0.39 is 29.9 Å². The SMILES string of the molecule is CCOC(=O)C1=C(COC(=O)[C@@H]2CC(=O)N(c3ccc4c(c3)OCCO4)C2)NC(=O)N[C@H]1C. The van der Waals surface area contributed by atoms with Gasteiger partial charge in [0, 0.05) is 24.7 Å². The van der Waals surface area contributed by atoms with Gasteiger partial charge in [0.15, 0.2) is 11.5 Å². The van der Waals surface area contributed by atoms with Crippen LogP contribution in [0.3, 0.4) is 0 Å². The van der Waals surface area contributed by atoms with Crippen LogP contribution in [0.1, 0.15) is 20.3 Å². The zero-order valence-corrected chi connectivity index (χ0v) is 18.3. The Bertz CT molecular complexity index is 1020. The Kier molecular flexibility index (Phi) is 6.38. The lowest BCUT2D eigenvalue weighted by Crippen LogP contribution is -2.50. The number of anilines is 1. The van der Waals surface area contributed by atoms with Gasteiger partial charge < -0.3 is 34.5 Å². The van der Waals surface area contributed by atoms with Crippen LogP contribution in [0, 0.1) is 5.92 Å². The number of nitrogens with one attached hydrogen (secondary N) is 2. The van der Waals surface area contributed by atoms with Crippen molar-refractivity contribution in [1.82, 2.24) is 10.6 Å². The number of carbonyl (C=O) groups is 4. The second-order valence-electron chi connectivity index (χ2n) is 7.77. The molecular weight excluding hydrogens is 434 g/mol. The molecule has 3 amide bonds. The van der Waals surface area contributed by atoms with Crippen LogP contribution in [0.2, 0.25) is 0 Å². The Morgan fingerprint density at radius 3 is 2.67 bits per heavy atom. The molecule has 0 saturated carbocycles. The van der Waals surface area contributed by atoms with Gasteiger partial charge in [-0.05, 0) is 26.0 Å². The fraction of sp³-hybridized carbons (Fsp3) is 0.455. The molecule has 2 N–H and O–H groups in total. The van der Waals surface area contributed by atoms with Gasteiger partial charge in [0.05, 0.1) is 29.8 Å². The van der Waals surface area contributed by atoms with E-state index in [-0.39, 0.29) is 43.4 Å². The third kappa shape index (κ3) is 4.71. The van der Waals surface area contributed by atoms with Gasteiger partial charge in [0.2, 0.25) is 5.91 Å². The van der Waals surface area contributed by atoms with Crippen molar-refractivity contribution in [1.29, 1.82) is 0 Å². The standard InChI is InChI=1S/C22H25N3O8/c1-3-30-21(28)19-12(2)23-22(29)24-15(19)11-33-20(27)13-8-18(26)25(10-13)14-4-5-16-17(9-14)32-7-6-31-16/h4-5,9,12-13H,3,6-8,10-11H2,1-2H3,(H2,23,24,29)/t12-,13+/m0/s1. The number of hydrogen-bond donors (Lipinski definition) is 2. The highest BCUT2D eigenvalue weighted by Gasteiger charge is 2.37. The third-order valence-corrected chi connectivity index (χ3v) is 5.52. The number of ether oxygens (including phenoxy) is 4. The summed E-state index contributed by atoms with van der Waals surface area (Å²) in [4.78, 5) is 50.9. The van der Waals surface area contributed by atoms with Crippen molar-refractivity contribution in [3.05, 3.63) is 29.5 Å². The van der Waals surface area contributed by atoms with Gasteiger partial charge in [-0.1, -0.05) is 0 Å². The lowest BCUT2D eigenvalue weighted by atomic mass is 10.0. The van der Waals surface area contributed by atoms with Crippen molar-refractivity contribution in [2.45, 2.75) is 26.3 Å². The molecule has 0 aromatic heterocycles. The van der Waals surface area contributed by atoms with E-state index in [1.165, 1.54) is 4.90 Å². The van der Waals surface area contributed by atoms with Crippen LogP contribution >= 0.6 is 0 Å². The van der Waals surface area contributed by atoms with Gasteiger partial charge in [-0.25, -0.2) is 9.59 Å². The van der Waals surface area contributed by atoms with Crippen LogP contribution in [0.4, 0.5) is 10.5 Å². The summed E-state index contributed by atoms with van der Waals surface area (Å²) < 4.78 is 21.5. The normalized spacial score (nSPS) is 21.9. The molecule has 1 aromatic carbocycles. The lowest BCUT2D eigenvalue weighted by molar-refractivity contribution is -0.147. The Balaban J connectivity index is 1.42. The highest BCUT2D eigenvalue weighted by Crippen LogP contribution is 2.36. The topological polar surface area (TPSA) is 132 Å². The fourth-order valence-electron chi connectivity index (χ4n) is 3.97. The summed E-state index contributed by atoms with van der Waals surface area (Å²) in [7, 11) is 0. The molecule has 2 atom stereocenters. The fourth-order valence-corrected chi connectivity index (χ4v) is 3.97. The third-order valence-electron chi connectivity index (χ3n) is 5.52. The van der Waals surface area contributed by atoms with E-state index in [4.69, 9.17) is 18.9 Å². The van der Waals surface area contributed by atoms with E-state index >= 15 is 0 Å². The molecule has 0 radical (unpaired) electrons. The second-order valence-corrected chi connectivity index (χ2v) is 7.77. The van der Waals surface area contributed by atoms with Crippen LogP contribution in [0.25, 0.3) is 0 Å². The first kappa shape index (κ1) is 22.4. The first-order chi connectivity index (χ1) is 15.9. The summed E-state index contributed by atoms with van der Waals surface area (Å²) >= 11 is 0. The van der Waals surface area contributed by atoms with E-state index in [0.29, 0.717) is 30.4 Å². The molecule has 11 heteroatoms. The van der Waals surface area contributed by atoms with Crippen molar-refractivity contribution >= 4 is 29.6 Å². The number of carbonyl (C=O) groups excluding carboxylic acids is 4. The minimum Gasteiger partial charge on any atom is -0.486 e. The van der Waals surface area contributed by atoms with Crippen LogP contribution in [0.15, 0.2) is 29.5 Å². The highest BCUT2D eigenvalue weighted by molar-refractivity contribution is 6.00. The molecule has 33 heavy (non-hydrogen) atoms. The average Bonchev–Trinajstić information content (AvgIpc) is 3.18. The van der Waals surface area contributed by atoms with Gasteiger partial charge in [0.1, 0.15) is 19.8 Å². The van der Waals surface area contributed by atoms with Crippen molar-refractivity contribution in [2.75, 3.05) is 37.9 Å². The maximum Gasteiger partial charge on any atom is 0.338 e. The maximum absolute atomic E-state index is 12.7. The number of urea groups is 1. The molecule has 3 heterocycles. The Morgan fingerprint density at radius 1 is 1.15 bits per heavy atom. The van der Waals surface area contributed by atoms with Crippen LogP contribution < -0.4 is 25.0 Å².